The molecule has 25 heavy (non-hydrogen) atoms. The summed E-state index contributed by atoms with van der Waals surface area (Å²) < 4.78 is 5.22. The van der Waals surface area contributed by atoms with Crippen molar-refractivity contribution in [3.05, 3.63) is 53.7 Å². The van der Waals surface area contributed by atoms with Gasteiger partial charge in [-0.3, -0.25) is 4.79 Å². The molecule has 2 heterocycles. The van der Waals surface area contributed by atoms with Crippen LogP contribution in [0.2, 0.25) is 0 Å². The Morgan fingerprint density at radius 2 is 2.08 bits per heavy atom. The normalized spacial score (nSPS) is 19.3. The Morgan fingerprint density at radius 3 is 2.72 bits per heavy atom. The van der Waals surface area contributed by atoms with E-state index in [9.17, 15) is 10.1 Å². The van der Waals surface area contributed by atoms with Gasteiger partial charge in [-0.25, -0.2) is 4.98 Å². The first-order chi connectivity index (χ1) is 12.1. The summed E-state index contributed by atoms with van der Waals surface area (Å²) in [4.78, 5) is 18.1. The van der Waals surface area contributed by atoms with Gasteiger partial charge in [-0.1, -0.05) is 12.1 Å². The zero-order valence-corrected chi connectivity index (χ0v) is 14.3. The van der Waals surface area contributed by atoms with Crippen LogP contribution in [0.25, 0.3) is 0 Å². The predicted molar refractivity (Wildman–Crippen MR) is 94.5 cm³/mol. The van der Waals surface area contributed by atoms with Crippen LogP contribution in [-0.4, -0.2) is 37.1 Å². The molecule has 0 spiro atoms. The van der Waals surface area contributed by atoms with Crippen LogP contribution in [0.15, 0.2) is 42.6 Å². The zero-order valence-electron chi connectivity index (χ0n) is 14.3. The van der Waals surface area contributed by atoms with Gasteiger partial charge in [-0.15, -0.1) is 0 Å². The number of hydrogen-bond donors (Lipinski definition) is 1. The van der Waals surface area contributed by atoms with Crippen molar-refractivity contribution in [2.24, 2.45) is 0 Å². The van der Waals surface area contributed by atoms with Crippen LogP contribution in [-0.2, 0) is 4.79 Å². The molecular formula is C19H20N4O2. The lowest BCUT2D eigenvalue weighted by molar-refractivity contribution is -0.119. The topological polar surface area (TPSA) is 78.2 Å². The van der Waals surface area contributed by atoms with E-state index < -0.39 is 0 Å². The van der Waals surface area contributed by atoms with Gasteiger partial charge in [0.1, 0.15) is 17.6 Å². The Kier molecular flexibility index (Phi) is 4.85. The molecule has 6 nitrogen and oxygen atoms in total. The van der Waals surface area contributed by atoms with E-state index in [1.54, 1.807) is 25.4 Å². The molecule has 1 aliphatic heterocycles. The van der Waals surface area contributed by atoms with E-state index in [0.29, 0.717) is 24.5 Å². The minimum absolute atomic E-state index is 0.0422. The first-order valence-electron chi connectivity index (χ1n) is 8.13. The van der Waals surface area contributed by atoms with Crippen molar-refractivity contribution in [1.82, 2.24) is 10.3 Å². The number of hydrogen-bond acceptors (Lipinski definition) is 5. The van der Waals surface area contributed by atoms with Gasteiger partial charge in [0.25, 0.3) is 0 Å². The Balaban J connectivity index is 1.90. The second-order valence-electron chi connectivity index (χ2n) is 6.08. The second kappa shape index (κ2) is 7.22. The third-order valence-electron chi connectivity index (χ3n) is 4.46. The Bertz CT molecular complexity index is 798. The Hall–Kier alpha value is -3.07. The van der Waals surface area contributed by atoms with Crippen LogP contribution in [0.4, 0.5) is 5.82 Å². The van der Waals surface area contributed by atoms with Crippen LogP contribution in [0, 0.1) is 11.3 Å². The number of benzene rings is 1. The molecule has 3 rings (SSSR count). The van der Waals surface area contributed by atoms with Gasteiger partial charge in [0.2, 0.25) is 5.91 Å². The van der Waals surface area contributed by atoms with Crippen molar-refractivity contribution in [3.63, 3.8) is 0 Å². The molecule has 128 valence electrons. The van der Waals surface area contributed by atoms with Crippen molar-refractivity contribution in [3.8, 4) is 11.8 Å². The Labute approximate surface area is 147 Å². The number of nitrogens with zero attached hydrogens (tertiary/aromatic N) is 3. The number of amides is 1. The molecule has 1 fully saturated rings. The molecule has 1 N–H and O–H groups in total. The fraction of sp³-hybridized carbons (Fsp3) is 0.316. The SMILES string of the molecule is COc1ccc([C@@H]2CN(c3ncccc3C#N)C[C@H]2NC(C)=O)cc1. The van der Waals surface area contributed by atoms with Crippen LogP contribution in [0.3, 0.4) is 0 Å². The van der Waals surface area contributed by atoms with Crippen LogP contribution < -0.4 is 15.0 Å². The minimum Gasteiger partial charge on any atom is -0.497 e. The summed E-state index contributed by atoms with van der Waals surface area (Å²) in [6.45, 7) is 2.82. The summed E-state index contributed by atoms with van der Waals surface area (Å²) in [7, 11) is 1.64. The Morgan fingerprint density at radius 1 is 1.32 bits per heavy atom. The zero-order chi connectivity index (χ0) is 17.8. The molecule has 1 aliphatic rings. The fourth-order valence-electron chi connectivity index (χ4n) is 3.31. The van der Waals surface area contributed by atoms with Crippen LogP contribution in [0.5, 0.6) is 5.75 Å². The van der Waals surface area contributed by atoms with E-state index in [4.69, 9.17) is 4.74 Å². The van der Waals surface area contributed by atoms with E-state index in [2.05, 4.69) is 21.3 Å². The molecule has 2 aromatic rings. The van der Waals surface area contributed by atoms with E-state index >= 15 is 0 Å². The second-order valence-corrected chi connectivity index (χ2v) is 6.08. The van der Waals surface area contributed by atoms with Crippen LogP contribution >= 0.6 is 0 Å². The highest BCUT2D eigenvalue weighted by Crippen LogP contribution is 2.32. The van der Waals surface area contributed by atoms with Crippen molar-refractivity contribution in [2.75, 3.05) is 25.1 Å². The number of carbonyl (C=O) groups is 1. The lowest BCUT2D eigenvalue weighted by Gasteiger charge is -2.19. The van der Waals surface area contributed by atoms with Gasteiger partial charge >= 0.3 is 0 Å². The smallest absolute Gasteiger partial charge is 0.217 e. The first-order valence-corrected chi connectivity index (χ1v) is 8.13. The minimum atomic E-state index is -0.0631. The van der Waals surface area contributed by atoms with E-state index in [1.807, 2.05) is 24.3 Å². The molecule has 1 aromatic carbocycles. The maximum absolute atomic E-state index is 11.6. The van der Waals surface area contributed by atoms with Gasteiger partial charge in [0.05, 0.1) is 18.7 Å². The quantitative estimate of drug-likeness (QED) is 0.925. The highest BCUT2D eigenvalue weighted by Gasteiger charge is 2.35. The number of rotatable bonds is 4. The molecule has 1 saturated heterocycles. The van der Waals surface area contributed by atoms with Gasteiger partial charge in [-0.2, -0.15) is 5.26 Å². The van der Waals surface area contributed by atoms with Gasteiger partial charge < -0.3 is 15.0 Å². The monoisotopic (exact) mass is 336 g/mol. The largest absolute Gasteiger partial charge is 0.497 e. The van der Waals surface area contributed by atoms with Gasteiger partial charge in [-0.05, 0) is 29.8 Å². The van der Waals surface area contributed by atoms with E-state index in [-0.39, 0.29) is 17.9 Å². The number of ether oxygens (including phenoxy) is 1. The molecule has 1 aromatic heterocycles. The third-order valence-corrected chi connectivity index (χ3v) is 4.46. The number of pyridine rings is 1. The molecule has 0 saturated carbocycles. The summed E-state index contributed by atoms with van der Waals surface area (Å²) in [5.74, 6) is 1.51. The molecule has 0 radical (unpaired) electrons. The van der Waals surface area contributed by atoms with Crippen LogP contribution in [0.1, 0.15) is 24.0 Å². The summed E-state index contributed by atoms with van der Waals surface area (Å²) in [6, 6.07) is 13.5. The summed E-state index contributed by atoms with van der Waals surface area (Å²) in [5, 5.41) is 12.4. The highest BCUT2D eigenvalue weighted by molar-refractivity contribution is 5.73. The first kappa shape index (κ1) is 16.8. The van der Waals surface area contributed by atoms with Gasteiger partial charge in [0.15, 0.2) is 0 Å². The van der Waals surface area contributed by atoms with Crippen molar-refractivity contribution >= 4 is 11.7 Å². The average Bonchev–Trinajstić information content (AvgIpc) is 3.04. The van der Waals surface area contributed by atoms with Crippen molar-refractivity contribution in [1.29, 1.82) is 5.26 Å². The molecule has 1 amide bonds. The molecule has 0 aliphatic carbocycles. The fourth-order valence-corrected chi connectivity index (χ4v) is 3.31. The number of carbonyl (C=O) groups excluding carboxylic acids is 1. The predicted octanol–water partition coefficient (Wildman–Crippen LogP) is 2.07. The lowest BCUT2D eigenvalue weighted by atomic mass is 9.94. The summed E-state index contributed by atoms with van der Waals surface area (Å²) in [5.41, 5.74) is 1.66. The number of nitriles is 1. The molecule has 6 heteroatoms. The molecular weight excluding hydrogens is 316 g/mol. The van der Waals surface area contributed by atoms with Gasteiger partial charge in [0, 0.05) is 32.1 Å². The summed E-state index contributed by atoms with van der Waals surface area (Å²) >= 11 is 0. The number of anilines is 1. The van der Waals surface area contributed by atoms with Crippen molar-refractivity contribution in [2.45, 2.75) is 18.9 Å². The van der Waals surface area contributed by atoms with E-state index in [0.717, 1.165) is 11.3 Å². The van der Waals surface area contributed by atoms with Crippen molar-refractivity contribution < 1.29 is 9.53 Å². The van der Waals surface area contributed by atoms with E-state index in [1.165, 1.54) is 6.92 Å². The molecule has 0 unspecified atom stereocenters. The molecule has 2 atom stereocenters. The molecule has 0 bridgehead atoms. The standard InChI is InChI=1S/C19H20N4O2/c1-13(24)22-18-12-23(19-15(10-20)4-3-9-21-19)11-17(18)14-5-7-16(25-2)8-6-14/h3-9,17-18H,11-12H2,1-2H3,(H,22,24)/t17-,18+/m0/s1. The highest BCUT2D eigenvalue weighted by atomic mass is 16.5. The maximum atomic E-state index is 11.6. The maximum Gasteiger partial charge on any atom is 0.217 e. The average molecular weight is 336 g/mol. The number of aromatic nitrogens is 1. The third kappa shape index (κ3) is 3.56. The lowest BCUT2D eigenvalue weighted by Crippen LogP contribution is -2.38. The number of nitrogens with one attached hydrogen (secondary N) is 1. The number of methoxy groups -OCH3 is 1. The summed E-state index contributed by atoms with van der Waals surface area (Å²) in [6.07, 6.45) is 1.68.